The molecule has 0 saturated heterocycles. The Morgan fingerprint density at radius 3 is 3.08 bits per heavy atom. The minimum Gasteiger partial charge on any atom is -0.327 e. The molecule has 2 rings (SSSR count). The molecule has 1 N–H and O–H groups in total. The van der Waals surface area contributed by atoms with Crippen LogP contribution < -0.4 is 5.43 Å². The topological polar surface area (TPSA) is 27.6 Å². The maximum atomic E-state index is 4.28. The van der Waals surface area contributed by atoms with Crippen LogP contribution in [0.25, 0.3) is 0 Å². The van der Waals surface area contributed by atoms with Crippen LogP contribution in [0.2, 0.25) is 0 Å². The lowest BCUT2D eigenvalue weighted by Gasteiger charge is -2.16. The Labute approximate surface area is 80.5 Å². The third-order valence-electron chi connectivity index (χ3n) is 1.73. The van der Waals surface area contributed by atoms with Crippen molar-refractivity contribution in [1.29, 1.82) is 0 Å². The lowest BCUT2D eigenvalue weighted by atomic mass is 10.4. The normalized spacial score (nSPS) is 22.3. The largest absolute Gasteiger partial charge is 0.327 e. The second-order valence-corrected chi connectivity index (χ2v) is 3.96. The molecule has 0 radical (unpaired) electrons. The predicted molar refractivity (Wildman–Crippen MR) is 54.5 cm³/mol. The Hall–Kier alpha value is -0.680. The first-order chi connectivity index (χ1) is 5.79. The summed E-state index contributed by atoms with van der Waals surface area (Å²) in [5.41, 5.74) is 2.89. The molecule has 0 saturated carbocycles. The Bertz CT molecular complexity index is 294. The number of amidine groups is 1. The van der Waals surface area contributed by atoms with Crippen molar-refractivity contribution in [2.24, 2.45) is 5.10 Å². The number of nitrogens with zero attached hydrogens (tertiary/aromatic N) is 2. The highest BCUT2D eigenvalue weighted by Crippen LogP contribution is 2.17. The van der Waals surface area contributed by atoms with E-state index >= 15 is 0 Å². The summed E-state index contributed by atoms with van der Waals surface area (Å²) in [7, 11) is 1.97. The summed E-state index contributed by atoms with van der Waals surface area (Å²) in [4.78, 5) is 3.16. The zero-order chi connectivity index (χ0) is 8.55. The van der Waals surface area contributed by atoms with E-state index in [-0.39, 0.29) is 5.50 Å². The monoisotopic (exact) mass is 199 g/mol. The lowest BCUT2D eigenvalue weighted by molar-refractivity contribution is 0.468. The van der Waals surface area contributed by atoms with E-state index in [4.69, 9.17) is 0 Å². The molecule has 0 aliphatic carbocycles. The fourth-order valence-electron chi connectivity index (χ4n) is 1.03. The van der Waals surface area contributed by atoms with Crippen molar-refractivity contribution < 1.29 is 0 Å². The first-order valence-corrected chi connectivity index (χ1v) is 4.96. The zero-order valence-corrected chi connectivity index (χ0v) is 8.27. The van der Waals surface area contributed by atoms with Crippen LogP contribution in [0.4, 0.5) is 0 Å². The molecular weight excluding hydrogens is 190 g/mol. The van der Waals surface area contributed by atoms with Gasteiger partial charge in [-0.05, 0) is 11.4 Å². The molecule has 1 aliphatic heterocycles. The molecule has 5 heteroatoms. The van der Waals surface area contributed by atoms with Gasteiger partial charge in [-0.3, -0.25) is 5.43 Å². The zero-order valence-electron chi connectivity index (χ0n) is 6.56. The molecular formula is C7H9N3S2. The van der Waals surface area contributed by atoms with E-state index in [2.05, 4.69) is 23.2 Å². The van der Waals surface area contributed by atoms with Crippen molar-refractivity contribution in [3.8, 4) is 0 Å². The molecule has 0 amide bonds. The van der Waals surface area contributed by atoms with E-state index in [9.17, 15) is 0 Å². The van der Waals surface area contributed by atoms with Gasteiger partial charge in [0, 0.05) is 7.05 Å². The number of nitrogens with one attached hydrogen (secondary N) is 1. The van der Waals surface area contributed by atoms with Crippen LogP contribution in [0.5, 0.6) is 0 Å². The van der Waals surface area contributed by atoms with Crippen molar-refractivity contribution in [2.45, 2.75) is 5.50 Å². The van der Waals surface area contributed by atoms with Gasteiger partial charge in [0.25, 0.3) is 0 Å². The third kappa shape index (κ3) is 1.19. The van der Waals surface area contributed by atoms with Gasteiger partial charge in [0.15, 0.2) is 11.3 Å². The summed E-state index contributed by atoms with van der Waals surface area (Å²) in [6.45, 7) is 0. The number of thiophene rings is 1. The molecule has 0 spiro atoms. The van der Waals surface area contributed by atoms with Crippen molar-refractivity contribution in [1.82, 2.24) is 10.3 Å². The standard InChI is InChI=1S/C7H9N3S2/c1-10-6(8-9-7(10)11)5-3-2-4-12-5/h2-4,7,9,11H,1H3. The van der Waals surface area contributed by atoms with Gasteiger partial charge >= 0.3 is 0 Å². The minimum atomic E-state index is 0.00194. The first-order valence-electron chi connectivity index (χ1n) is 3.57. The van der Waals surface area contributed by atoms with Crippen LogP contribution in [0, 0.1) is 0 Å². The molecule has 1 atom stereocenters. The van der Waals surface area contributed by atoms with Gasteiger partial charge in [0.2, 0.25) is 0 Å². The van der Waals surface area contributed by atoms with E-state index in [1.807, 2.05) is 29.5 Å². The van der Waals surface area contributed by atoms with Gasteiger partial charge in [-0.15, -0.1) is 24.0 Å². The quantitative estimate of drug-likeness (QED) is 0.664. The molecule has 1 unspecified atom stereocenters. The summed E-state index contributed by atoms with van der Waals surface area (Å²) in [5.74, 6) is 0.963. The smallest absolute Gasteiger partial charge is 0.167 e. The lowest BCUT2D eigenvalue weighted by Crippen LogP contribution is -2.32. The summed E-state index contributed by atoms with van der Waals surface area (Å²) < 4.78 is 0. The SMILES string of the molecule is CN1C(c2cccs2)=NNC1S. The van der Waals surface area contributed by atoms with Crippen LogP contribution in [-0.4, -0.2) is 23.3 Å². The summed E-state index contributed by atoms with van der Waals surface area (Å²) in [6.07, 6.45) is 0. The van der Waals surface area contributed by atoms with E-state index in [0.29, 0.717) is 0 Å². The molecule has 1 aromatic heterocycles. The first kappa shape index (κ1) is 7.94. The Morgan fingerprint density at radius 1 is 1.75 bits per heavy atom. The number of thiol groups is 1. The molecule has 1 aliphatic rings. The molecule has 0 fully saturated rings. The van der Waals surface area contributed by atoms with Gasteiger partial charge in [-0.25, -0.2) is 0 Å². The van der Waals surface area contributed by atoms with E-state index in [1.54, 1.807) is 11.3 Å². The van der Waals surface area contributed by atoms with Gasteiger partial charge in [0.1, 0.15) is 0 Å². The molecule has 64 valence electrons. The molecule has 0 aromatic carbocycles. The van der Waals surface area contributed by atoms with E-state index in [1.165, 1.54) is 4.88 Å². The van der Waals surface area contributed by atoms with Crippen LogP contribution in [0.3, 0.4) is 0 Å². The van der Waals surface area contributed by atoms with Gasteiger partial charge < -0.3 is 4.90 Å². The Kier molecular flexibility index (Phi) is 1.98. The summed E-state index contributed by atoms with van der Waals surface area (Å²) >= 11 is 5.96. The van der Waals surface area contributed by atoms with Crippen LogP contribution in [0.15, 0.2) is 22.6 Å². The predicted octanol–water partition coefficient (Wildman–Crippen LogP) is 1.16. The van der Waals surface area contributed by atoms with E-state index in [0.717, 1.165) is 5.84 Å². The second-order valence-electron chi connectivity index (χ2n) is 2.53. The Balaban J connectivity index is 2.27. The average Bonchev–Trinajstić information content (AvgIpc) is 2.64. The van der Waals surface area contributed by atoms with Gasteiger partial charge in [-0.1, -0.05) is 6.07 Å². The third-order valence-corrected chi connectivity index (χ3v) is 3.06. The fourth-order valence-corrected chi connectivity index (χ4v) is 1.96. The van der Waals surface area contributed by atoms with Crippen molar-refractivity contribution in [3.63, 3.8) is 0 Å². The summed E-state index contributed by atoms with van der Waals surface area (Å²) in [5, 5.41) is 6.21. The van der Waals surface area contributed by atoms with Crippen LogP contribution in [-0.2, 0) is 0 Å². The Morgan fingerprint density at radius 2 is 2.58 bits per heavy atom. The highest BCUT2D eigenvalue weighted by Gasteiger charge is 2.22. The minimum absolute atomic E-state index is 0.00194. The molecule has 12 heavy (non-hydrogen) atoms. The number of rotatable bonds is 1. The van der Waals surface area contributed by atoms with Crippen LogP contribution in [0.1, 0.15) is 4.88 Å². The van der Waals surface area contributed by atoms with Gasteiger partial charge in [0.05, 0.1) is 4.88 Å². The van der Waals surface area contributed by atoms with E-state index < -0.39 is 0 Å². The highest BCUT2D eigenvalue weighted by atomic mass is 32.1. The second kappa shape index (κ2) is 2.99. The van der Waals surface area contributed by atoms with Gasteiger partial charge in [-0.2, -0.15) is 5.10 Å². The number of hydrazone groups is 1. The molecule has 3 nitrogen and oxygen atoms in total. The molecule has 0 bridgehead atoms. The maximum absolute atomic E-state index is 4.28. The maximum Gasteiger partial charge on any atom is 0.167 e. The molecule has 1 aromatic rings. The van der Waals surface area contributed by atoms with Crippen LogP contribution >= 0.6 is 24.0 Å². The summed E-state index contributed by atoms with van der Waals surface area (Å²) in [6, 6.07) is 4.07. The number of hydrogen-bond donors (Lipinski definition) is 2. The number of hydrogen-bond acceptors (Lipinski definition) is 5. The highest BCUT2D eigenvalue weighted by molar-refractivity contribution is 7.80. The van der Waals surface area contributed by atoms with Crippen molar-refractivity contribution >= 4 is 29.8 Å². The fraction of sp³-hybridized carbons (Fsp3) is 0.286. The average molecular weight is 199 g/mol. The molecule has 2 heterocycles. The van der Waals surface area contributed by atoms with Crippen molar-refractivity contribution in [3.05, 3.63) is 22.4 Å². The van der Waals surface area contributed by atoms with Crippen molar-refractivity contribution in [2.75, 3.05) is 7.05 Å².